The standard InChI is InChI=1S/C24H32O4/c1-13-9-15(20(25)17(11-13)23(3,4)5)19(22(27)28)16-10-14(2)12-18(21(16)26)24(6,7)8/h9-12,19,25-26H,1-8H3,(H,27,28). The molecule has 0 heterocycles. The van der Waals surface area contributed by atoms with Crippen molar-refractivity contribution in [2.45, 2.75) is 72.1 Å². The van der Waals surface area contributed by atoms with Gasteiger partial charge in [0.1, 0.15) is 17.4 Å². The second-order valence-electron chi connectivity index (χ2n) is 9.77. The van der Waals surface area contributed by atoms with Crippen molar-refractivity contribution in [1.82, 2.24) is 0 Å². The van der Waals surface area contributed by atoms with Crippen LogP contribution in [0.3, 0.4) is 0 Å². The van der Waals surface area contributed by atoms with Crippen molar-refractivity contribution < 1.29 is 20.1 Å². The first-order valence-corrected chi connectivity index (χ1v) is 9.55. The maximum absolute atomic E-state index is 12.3. The molecule has 4 nitrogen and oxygen atoms in total. The van der Waals surface area contributed by atoms with Crippen molar-refractivity contribution >= 4 is 5.97 Å². The fourth-order valence-corrected chi connectivity index (χ4v) is 3.63. The predicted molar refractivity (Wildman–Crippen MR) is 113 cm³/mol. The second kappa shape index (κ2) is 7.16. The number of carboxylic acids is 1. The first-order chi connectivity index (χ1) is 12.6. The average molecular weight is 385 g/mol. The lowest BCUT2D eigenvalue weighted by Crippen LogP contribution is -2.19. The first kappa shape index (κ1) is 21.8. The van der Waals surface area contributed by atoms with Gasteiger partial charge >= 0.3 is 5.97 Å². The van der Waals surface area contributed by atoms with Crippen LogP contribution >= 0.6 is 0 Å². The summed E-state index contributed by atoms with van der Waals surface area (Å²) in [5, 5.41) is 32.0. The van der Waals surface area contributed by atoms with Gasteiger partial charge in [-0.3, -0.25) is 4.79 Å². The van der Waals surface area contributed by atoms with Crippen molar-refractivity contribution in [3.63, 3.8) is 0 Å². The van der Waals surface area contributed by atoms with E-state index in [2.05, 4.69) is 0 Å². The largest absolute Gasteiger partial charge is 0.507 e. The van der Waals surface area contributed by atoms with E-state index in [-0.39, 0.29) is 22.3 Å². The zero-order valence-corrected chi connectivity index (χ0v) is 18.1. The molecule has 0 amide bonds. The van der Waals surface area contributed by atoms with Gasteiger partial charge in [0.05, 0.1) is 0 Å². The van der Waals surface area contributed by atoms with Crippen molar-refractivity contribution in [3.05, 3.63) is 57.6 Å². The number of benzene rings is 2. The van der Waals surface area contributed by atoms with E-state index in [0.29, 0.717) is 22.3 Å². The number of aliphatic carboxylic acids is 1. The second-order valence-corrected chi connectivity index (χ2v) is 9.77. The number of phenols is 2. The summed E-state index contributed by atoms with van der Waals surface area (Å²) in [6.07, 6.45) is 0. The van der Waals surface area contributed by atoms with Gasteiger partial charge in [-0.1, -0.05) is 76.9 Å². The molecule has 2 aromatic carbocycles. The highest BCUT2D eigenvalue weighted by molar-refractivity contribution is 5.83. The van der Waals surface area contributed by atoms with Crippen molar-refractivity contribution in [2.24, 2.45) is 0 Å². The summed E-state index contributed by atoms with van der Waals surface area (Å²) >= 11 is 0. The molecule has 0 aromatic heterocycles. The molecule has 0 aliphatic rings. The van der Waals surface area contributed by atoms with Gasteiger partial charge in [0.25, 0.3) is 0 Å². The Kier molecular flexibility index (Phi) is 5.57. The van der Waals surface area contributed by atoms with Crippen LogP contribution in [0.2, 0.25) is 0 Å². The van der Waals surface area contributed by atoms with Gasteiger partial charge in [-0.2, -0.15) is 0 Å². The summed E-state index contributed by atoms with van der Waals surface area (Å²) in [5.41, 5.74) is 3.03. The normalized spacial score (nSPS) is 12.5. The number of phenolic OH excluding ortho intramolecular Hbond substituents is 2. The Morgan fingerprint density at radius 2 is 1.07 bits per heavy atom. The van der Waals surface area contributed by atoms with Gasteiger partial charge in [0, 0.05) is 11.1 Å². The summed E-state index contributed by atoms with van der Waals surface area (Å²) in [5.74, 6) is -2.32. The molecular formula is C24H32O4. The predicted octanol–water partition coefficient (Wildman–Crippen LogP) is 5.53. The van der Waals surface area contributed by atoms with Crippen LogP contribution in [0.5, 0.6) is 11.5 Å². The van der Waals surface area contributed by atoms with E-state index < -0.39 is 11.9 Å². The molecule has 0 atom stereocenters. The molecule has 0 aliphatic heterocycles. The summed E-state index contributed by atoms with van der Waals surface area (Å²) in [4.78, 5) is 12.3. The van der Waals surface area contributed by atoms with E-state index in [9.17, 15) is 20.1 Å². The van der Waals surface area contributed by atoms with Gasteiger partial charge in [-0.25, -0.2) is 0 Å². The number of aryl methyl sites for hydroxylation is 2. The number of hydrogen-bond acceptors (Lipinski definition) is 3. The molecule has 0 fully saturated rings. The fourth-order valence-electron chi connectivity index (χ4n) is 3.63. The van der Waals surface area contributed by atoms with Crippen LogP contribution in [-0.4, -0.2) is 21.3 Å². The Balaban J connectivity index is 2.86. The quantitative estimate of drug-likeness (QED) is 0.650. The smallest absolute Gasteiger partial charge is 0.315 e. The molecule has 152 valence electrons. The van der Waals surface area contributed by atoms with E-state index in [1.165, 1.54) is 0 Å². The van der Waals surface area contributed by atoms with Gasteiger partial charge in [0.2, 0.25) is 0 Å². The van der Waals surface area contributed by atoms with Crippen LogP contribution in [0.15, 0.2) is 24.3 Å². The van der Waals surface area contributed by atoms with Crippen LogP contribution < -0.4 is 0 Å². The third-order valence-electron chi connectivity index (χ3n) is 5.05. The Bertz CT molecular complexity index is 842. The molecule has 0 unspecified atom stereocenters. The lowest BCUT2D eigenvalue weighted by Gasteiger charge is -2.27. The summed E-state index contributed by atoms with van der Waals surface area (Å²) in [6.45, 7) is 15.6. The Morgan fingerprint density at radius 1 is 0.750 bits per heavy atom. The summed E-state index contributed by atoms with van der Waals surface area (Å²) in [7, 11) is 0. The van der Waals surface area contributed by atoms with Gasteiger partial charge < -0.3 is 15.3 Å². The lowest BCUT2D eigenvalue weighted by atomic mass is 9.78. The fraction of sp³-hybridized carbons (Fsp3) is 0.458. The minimum atomic E-state index is -1.16. The zero-order valence-electron chi connectivity index (χ0n) is 18.1. The minimum Gasteiger partial charge on any atom is -0.507 e. The molecule has 2 aromatic rings. The maximum atomic E-state index is 12.3. The van der Waals surface area contributed by atoms with Crippen LogP contribution in [-0.2, 0) is 15.6 Å². The summed E-state index contributed by atoms with van der Waals surface area (Å²) in [6, 6.07) is 7.16. The Labute approximate surface area is 167 Å². The van der Waals surface area contributed by atoms with Crippen LogP contribution in [0.25, 0.3) is 0 Å². The molecule has 3 N–H and O–H groups in total. The van der Waals surface area contributed by atoms with E-state index >= 15 is 0 Å². The molecule has 0 saturated heterocycles. The third kappa shape index (κ3) is 4.16. The Hall–Kier alpha value is -2.49. The van der Waals surface area contributed by atoms with Gasteiger partial charge in [-0.15, -0.1) is 0 Å². The lowest BCUT2D eigenvalue weighted by molar-refractivity contribution is -0.137. The number of hydrogen-bond donors (Lipinski definition) is 3. The van der Waals surface area contributed by atoms with Crippen molar-refractivity contribution in [1.29, 1.82) is 0 Å². The van der Waals surface area contributed by atoms with Crippen molar-refractivity contribution in [3.8, 4) is 11.5 Å². The van der Waals surface area contributed by atoms with Crippen LogP contribution in [0.1, 0.15) is 80.8 Å². The number of carboxylic acid groups (broad SMARTS) is 1. The van der Waals surface area contributed by atoms with Crippen LogP contribution in [0.4, 0.5) is 0 Å². The molecule has 0 aliphatic carbocycles. The van der Waals surface area contributed by atoms with E-state index in [0.717, 1.165) is 11.1 Å². The minimum absolute atomic E-state index is 0.0243. The van der Waals surface area contributed by atoms with Gasteiger partial charge in [-0.05, 0) is 35.8 Å². The molecule has 2 rings (SSSR count). The van der Waals surface area contributed by atoms with Crippen molar-refractivity contribution in [2.75, 3.05) is 0 Å². The van der Waals surface area contributed by atoms with E-state index in [4.69, 9.17) is 0 Å². The molecule has 0 spiro atoms. The number of carbonyl (C=O) groups is 1. The Morgan fingerprint density at radius 3 is 1.32 bits per heavy atom. The molecule has 4 heteroatoms. The SMILES string of the molecule is Cc1cc(C(C(=O)O)c2cc(C)cc(C(C)(C)C)c2O)c(O)c(C(C)(C)C)c1. The number of aromatic hydroxyl groups is 2. The van der Waals surface area contributed by atoms with Gasteiger partial charge in [0.15, 0.2) is 0 Å². The highest BCUT2D eigenvalue weighted by Crippen LogP contribution is 2.44. The molecule has 0 saturated carbocycles. The number of rotatable bonds is 3. The van der Waals surface area contributed by atoms with E-state index in [1.807, 2.05) is 67.5 Å². The molecule has 28 heavy (non-hydrogen) atoms. The highest BCUT2D eigenvalue weighted by atomic mass is 16.4. The monoisotopic (exact) mass is 384 g/mol. The molecular weight excluding hydrogens is 352 g/mol. The maximum Gasteiger partial charge on any atom is 0.315 e. The molecule has 0 radical (unpaired) electrons. The highest BCUT2D eigenvalue weighted by Gasteiger charge is 2.33. The third-order valence-corrected chi connectivity index (χ3v) is 5.05. The van der Waals surface area contributed by atoms with E-state index in [1.54, 1.807) is 12.1 Å². The zero-order chi connectivity index (χ0) is 21.6. The molecule has 0 bridgehead atoms. The first-order valence-electron chi connectivity index (χ1n) is 9.55. The van der Waals surface area contributed by atoms with Crippen LogP contribution in [0, 0.1) is 13.8 Å². The topological polar surface area (TPSA) is 77.8 Å². The average Bonchev–Trinajstić information content (AvgIpc) is 2.51. The summed E-state index contributed by atoms with van der Waals surface area (Å²) < 4.78 is 0.